The van der Waals surface area contributed by atoms with E-state index in [0.29, 0.717) is 17.1 Å². The van der Waals surface area contributed by atoms with Crippen molar-refractivity contribution in [3.05, 3.63) is 64.0 Å². The van der Waals surface area contributed by atoms with Gasteiger partial charge in [0.1, 0.15) is 11.5 Å². The summed E-state index contributed by atoms with van der Waals surface area (Å²) < 4.78 is 33.3. The number of benzene rings is 1. The zero-order valence-corrected chi connectivity index (χ0v) is 13.5. The highest BCUT2D eigenvalue weighted by molar-refractivity contribution is 7.93. The van der Waals surface area contributed by atoms with Crippen LogP contribution in [0.25, 0.3) is 6.08 Å². The van der Waals surface area contributed by atoms with E-state index in [1.807, 2.05) is 37.3 Å². The SMILES string of the molecule is Cc1ccc([C@H](C)NS(=O)(=O)C2=Cc3ccccc3CC2)o1. The maximum atomic E-state index is 12.6. The van der Waals surface area contributed by atoms with Gasteiger partial charge < -0.3 is 4.42 Å². The molecular formula is C17H19NO3S. The van der Waals surface area contributed by atoms with Crippen LogP contribution in [0.3, 0.4) is 0 Å². The minimum atomic E-state index is -3.51. The molecule has 0 amide bonds. The van der Waals surface area contributed by atoms with Gasteiger partial charge >= 0.3 is 0 Å². The van der Waals surface area contributed by atoms with Crippen LogP contribution in [0.5, 0.6) is 0 Å². The molecule has 4 nitrogen and oxygen atoms in total. The Labute approximate surface area is 130 Å². The molecule has 22 heavy (non-hydrogen) atoms. The van der Waals surface area contributed by atoms with Gasteiger partial charge in [-0.25, -0.2) is 13.1 Å². The van der Waals surface area contributed by atoms with Gasteiger partial charge in [0.2, 0.25) is 10.0 Å². The summed E-state index contributed by atoms with van der Waals surface area (Å²) in [5.74, 6) is 1.39. The minimum absolute atomic E-state index is 0.392. The van der Waals surface area contributed by atoms with Gasteiger partial charge in [0, 0.05) is 0 Å². The Morgan fingerprint density at radius 2 is 1.91 bits per heavy atom. The summed E-state index contributed by atoms with van der Waals surface area (Å²) >= 11 is 0. The number of fused-ring (bicyclic) bond motifs is 1. The topological polar surface area (TPSA) is 59.3 Å². The lowest BCUT2D eigenvalue weighted by atomic mass is 9.98. The van der Waals surface area contributed by atoms with E-state index < -0.39 is 16.1 Å². The van der Waals surface area contributed by atoms with Crippen LogP contribution >= 0.6 is 0 Å². The lowest BCUT2D eigenvalue weighted by Crippen LogP contribution is -2.28. The first-order valence-corrected chi connectivity index (χ1v) is 8.81. The number of allylic oxidation sites excluding steroid dienone is 1. The molecule has 5 heteroatoms. The van der Waals surface area contributed by atoms with Crippen molar-refractivity contribution >= 4 is 16.1 Å². The van der Waals surface area contributed by atoms with Crippen LogP contribution in [0.2, 0.25) is 0 Å². The molecule has 1 aromatic carbocycles. The van der Waals surface area contributed by atoms with Crippen LogP contribution in [0.15, 0.2) is 45.7 Å². The lowest BCUT2D eigenvalue weighted by molar-refractivity contribution is 0.442. The van der Waals surface area contributed by atoms with Gasteiger partial charge in [-0.15, -0.1) is 0 Å². The second kappa shape index (κ2) is 5.74. The summed E-state index contributed by atoms with van der Waals surface area (Å²) in [6.07, 6.45) is 3.04. The van der Waals surface area contributed by atoms with Crippen molar-refractivity contribution in [2.24, 2.45) is 0 Å². The minimum Gasteiger partial charge on any atom is -0.465 e. The Balaban J connectivity index is 1.83. The second-order valence-corrected chi connectivity index (χ2v) is 7.37. The average Bonchev–Trinajstić information content (AvgIpc) is 2.93. The summed E-state index contributed by atoms with van der Waals surface area (Å²) in [5.41, 5.74) is 2.17. The summed E-state index contributed by atoms with van der Waals surface area (Å²) in [5, 5.41) is 0. The van der Waals surface area contributed by atoms with E-state index in [1.54, 1.807) is 19.1 Å². The van der Waals surface area contributed by atoms with Crippen molar-refractivity contribution in [3.63, 3.8) is 0 Å². The van der Waals surface area contributed by atoms with E-state index >= 15 is 0 Å². The molecule has 0 unspecified atom stereocenters. The number of rotatable bonds is 4. The van der Waals surface area contributed by atoms with Gasteiger partial charge in [0.25, 0.3) is 0 Å². The molecule has 0 radical (unpaired) electrons. The molecule has 1 heterocycles. The molecule has 1 atom stereocenters. The van der Waals surface area contributed by atoms with Crippen molar-refractivity contribution in [2.45, 2.75) is 32.7 Å². The van der Waals surface area contributed by atoms with Gasteiger partial charge in [-0.2, -0.15) is 0 Å². The Morgan fingerprint density at radius 1 is 1.14 bits per heavy atom. The molecule has 2 aromatic rings. The third-order valence-corrected chi connectivity index (χ3v) is 5.55. The molecule has 0 fully saturated rings. The average molecular weight is 317 g/mol. The van der Waals surface area contributed by atoms with Gasteiger partial charge in [0.05, 0.1) is 10.9 Å². The molecule has 1 aliphatic carbocycles. The van der Waals surface area contributed by atoms with E-state index in [0.717, 1.165) is 17.7 Å². The van der Waals surface area contributed by atoms with E-state index in [2.05, 4.69) is 4.72 Å². The van der Waals surface area contributed by atoms with E-state index in [-0.39, 0.29) is 0 Å². The van der Waals surface area contributed by atoms with Gasteiger partial charge in [0.15, 0.2) is 0 Å². The van der Waals surface area contributed by atoms with Crippen LogP contribution in [0.1, 0.15) is 42.0 Å². The van der Waals surface area contributed by atoms with Crippen molar-refractivity contribution in [2.75, 3.05) is 0 Å². The maximum absolute atomic E-state index is 12.6. The molecular weight excluding hydrogens is 298 g/mol. The molecule has 116 valence electrons. The van der Waals surface area contributed by atoms with Gasteiger partial charge in [-0.05, 0) is 56.0 Å². The molecule has 0 bridgehead atoms. The molecule has 0 saturated carbocycles. The highest BCUT2D eigenvalue weighted by Gasteiger charge is 2.24. The normalized spacial score (nSPS) is 16.0. The zero-order valence-electron chi connectivity index (χ0n) is 12.7. The monoisotopic (exact) mass is 317 g/mol. The Kier molecular flexibility index (Phi) is 3.93. The molecule has 3 rings (SSSR count). The first-order chi connectivity index (χ1) is 10.5. The predicted molar refractivity (Wildman–Crippen MR) is 86.7 cm³/mol. The van der Waals surface area contributed by atoms with Gasteiger partial charge in [-0.1, -0.05) is 24.3 Å². The van der Waals surface area contributed by atoms with Crippen molar-refractivity contribution in [1.29, 1.82) is 0 Å². The summed E-state index contributed by atoms with van der Waals surface area (Å²) in [7, 11) is -3.51. The molecule has 0 spiro atoms. The van der Waals surface area contributed by atoms with E-state index in [9.17, 15) is 8.42 Å². The molecule has 1 aromatic heterocycles. The summed E-state index contributed by atoms with van der Waals surface area (Å²) in [6, 6.07) is 11.1. The highest BCUT2D eigenvalue weighted by atomic mass is 32.2. The smallest absolute Gasteiger partial charge is 0.237 e. The molecule has 1 N–H and O–H groups in total. The maximum Gasteiger partial charge on any atom is 0.237 e. The predicted octanol–water partition coefficient (Wildman–Crippen LogP) is 3.56. The van der Waals surface area contributed by atoms with Crippen molar-refractivity contribution in [3.8, 4) is 0 Å². The number of aryl methyl sites for hydroxylation is 2. The number of furan rings is 1. The fraction of sp³-hybridized carbons (Fsp3) is 0.294. The third kappa shape index (κ3) is 3.00. The van der Waals surface area contributed by atoms with Crippen molar-refractivity contribution in [1.82, 2.24) is 4.72 Å². The number of hydrogen-bond donors (Lipinski definition) is 1. The molecule has 0 saturated heterocycles. The van der Waals surface area contributed by atoms with Crippen LogP contribution in [0, 0.1) is 6.92 Å². The largest absolute Gasteiger partial charge is 0.465 e. The number of nitrogens with one attached hydrogen (secondary N) is 1. The van der Waals surface area contributed by atoms with Crippen molar-refractivity contribution < 1.29 is 12.8 Å². The number of sulfonamides is 1. The summed E-state index contributed by atoms with van der Waals surface area (Å²) in [6.45, 7) is 3.62. The Hall–Kier alpha value is -1.85. The first kappa shape index (κ1) is 15.1. The summed E-state index contributed by atoms with van der Waals surface area (Å²) in [4.78, 5) is 0.432. The first-order valence-electron chi connectivity index (χ1n) is 7.33. The fourth-order valence-electron chi connectivity index (χ4n) is 2.67. The van der Waals surface area contributed by atoms with Crippen LogP contribution in [0.4, 0.5) is 0 Å². The molecule has 0 aliphatic heterocycles. The second-order valence-electron chi connectivity index (χ2n) is 5.60. The third-order valence-electron chi connectivity index (χ3n) is 3.88. The van der Waals surface area contributed by atoms with Gasteiger partial charge in [-0.3, -0.25) is 0 Å². The highest BCUT2D eigenvalue weighted by Crippen LogP contribution is 2.28. The Morgan fingerprint density at radius 3 is 2.64 bits per heavy atom. The number of hydrogen-bond acceptors (Lipinski definition) is 3. The van der Waals surface area contributed by atoms with E-state index in [1.165, 1.54) is 5.56 Å². The van der Waals surface area contributed by atoms with Crippen LogP contribution in [-0.4, -0.2) is 8.42 Å². The van der Waals surface area contributed by atoms with Crippen LogP contribution in [-0.2, 0) is 16.4 Å². The lowest BCUT2D eigenvalue weighted by Gasteiger charge is -2.19. The fourth-order valence-corrected chi connectivity index (χ4v) is 4.06. The Bertz CT molecular complexity index is 818. The zero-order chi connectivity index (χ0) is 15.7. The standard InChI is InChI=1S/C17H19NO3S/c1-12-7-10-17(21-12)13(2)18-22(19,20)16-9-8-14-5-3-4-6-15(14)11-16/h3-7,10-11,13,18H,8-9H2,1-2H3/t13-/m0/s1. The quantitative estimate of drug-likeness (QED) is 0.938. The molecule has 1 aliphatic rings. The van der Waals surface area contributed by atoms with E-state index in [4.69, 9.17) is 4.42 Å². The van der Waals surface area contributed by atoms with Crippen LogP contribution < -0.4 is 4.72 Å².